The maximum absolute atomic E-state index is 4.66. The number of rotatable bonds is 5. The van der Waals surface area contributed by atoms with E-state index in [4.69, 9.17) is 0 Å². The van der Waals surface area contributed by atoms with Crippen molar-refractivity contribution in [2.24, 2.45) is 0 Å². The summed E-state index contributed by atoms with van der Waals surface area (Å²) in [7, 11) is 0. The number of benzene rings is 2. The highest BCUT2D eigenvalue weighted by atomic mass is 32.2. The van der Waals surface area contributed by atoms with Crippen LogP contribution in [-0.2, 0) is 0 Å². The number of thiophene rings is 2. The van der Waals surface area contributed by atoms with Gasteiger partial charge in [-0.1, -0.05) is 60.3 Å². The first kappa shape index (κ1) is 19.2. The van der Waals surface area contributed by atoms with Gasteiger partial charge in [0.05, 0.1) is 4.88 Å². The summed E-state index contributed by atoms with van der Waals surface area (Å²) in [6.45, 7) is 2.12. The first-order valence-corrected chi connectivity index (χ1v) is 12.1. The Balaban J connectivity index is 1.59. The summed E-state index contributed by atoms with van der Waals surface area (Å²) in [6.07, 6.45) is 0. The summed E-state index contributed by atoms with van der Waals surface area (Å²) in [5.74, 6) is 0. The molecular formula is C25H18N2S3. The van der Waals surface area contributed by atoms with E-state index in [2.05, 4.69) is 82.5 Å². The van der Waals surface area contributed by atoms with Crippen LogP contribution in [0.25, 0.3) is 32.1 Å². The van der Waals surface area contributed by atoms with Gasteiger partial charge in [-0.15, -0.1) is 32.9 Å². The lowest BCUT2D eigenvalue weighted by atomic mass is 10.1. The first-order valence-electron chi connectivity index (χ1n) is 9.57. The molecule has 0 spiro atoms. The van der Waals surface area contributed by atoms with Crippen molar-refractivity contribution >= 4 is 34.4 Å². The van der Waals surface area contributed by atoms with Crippen LogP contribution in [0.5, 0.6) is 0 Å². The monoisotopic (exact) mass is 442 g/mol. The van der Waals surface area contributed by atoms with Crippen LogP contribution in [0, 0.1) is 6.92 Å². The van der Waals surface area contributed by atoms with Gasteiger partial charge in [0, 0.05) is 15.3 Å². The molecule has 5 aromatic rings. The minimum atomic E-state index is 0.905. The largest absolute Gasteiger partial charge is 0.148 e. The van der Waals surface area contributed by atoms with E-state index in [-0.39, 0.29) is 0 Å². The van der Waals surface area contributed by atoms with Gasteiger partial charge in [-0.3, -0.25) is 0 Å². The van der Waals surface area contributed by atoms with E-state index in [1.54, 1.807) is 34.4 Å². The minimum absolute atomic E-state index is 0.905. The van der Waals surface area contributed by atoms with Gasteiger partial charge in [0.25, 0.3) is 0 Å². The standard InChI is InChI=1S/C25H18N2S3/c1-17-12-23(28-15-17)25-21(14-24(26-27-25)30-20-10-6-3-7-11-20)22-13-19(16-29-22)18-8-4-2-5-9-18/h2-16H,1H3. The molecule has 0 unspecified atom stereocenters. The Kier molecular flexibility index (Phi) is 5.49. The lowest BCUT2D eigenvalue weighted by molar-refractivity contribution is 0.940. The molecule has 0 aliphatic heterocycles. The number of aromatic nitrogens is 2. The van der Waals surface area contributed by atoms with Crippen molar-refractivity contribution in [1.82, 2.24) is 10.2 Å². The Morgan fingerprint density at radius 2 is 1.43 bits per heavy atom. The van der Waals surface area contributed by atoms with Crippen LogP contribution in [0.1, 0.15) is 5.56 Å². The molecule has 0 saturated heterocycles. The molecule has 0 bridgehead atoms. The highest BCUT2D eigenvalue weighted by Gasteiger charge is 2.16. The molecule has 0 aliphatic carbocycles. The zero-order valence-electron chi connectivity index (χ0n) is 16.3. The highest BCUT2D eigenvalue weighted by molar-refractivity contribution is 7.99. The quantitative estimate of drug-likeness (QED) is 0.275. The minimum Gasteiger partial charge on any atom is -0.148 e. The highest BCUT2D eigenvalue weighted by Crippen LogP contribution is 2.40. The van der Waals surface area contributed by atoms with E-state index in [1.165, 1.54) is 21.6 Å². The van der Waals surface area contributed by atoms with E-state index in [1.807, 2.05) is 24.3 Å². The molecule has 146 valence electrons. The Hall–Kier alpha value is -2.73. The zero-order chi connectivity index (χ0) is 20.3. The maximum Gasteiger partial charge on any atom is 0.124 e. The molecule has 0 fully saturated rings. The van der Waals surface area contributed by atoms with Crippen molar-refractivity contribution in [1.29, 1.82) is 0 Å². The molecule has 30 heavy (non-hydrogen) atoms. The Labute approximate surface area is 188 Å². The molecular weight excluding hydrogens is 424 g/mol. The lowest BCUT2D eigenvalue weighted by Crippen LogP contribution is -1.92. The van der Waals surface area contributed by atoms with Crippen molar-refractivity contribution in [2.75, 3.05) is 0 Å². The van der Waals surface area contributed by atoms with Crippen molar-refractivity contribution in [3.8, 4) is 32.1 Å². The summed E-state index contributed by atoms with van der Waals surface area (Å²) in [6, 6.07) is 27.5. The van der Waals surface area contributed by atoms with Gasteiger partial charge in [0.15, 0.2) is 0 Å². The maximum atomic E-state index is 4.66. The summed E-state index contributed by atoms with van der Waals surface area (Å²) in [4.78, 5) is 3.52. The average molecular weight is 443 g/mol. The SMILES string of the molecule is Cc1csc(-c2nnc(Sc3ccccc3)cc2-c2cc(-c3ccccc3)cs2)c1. The summed E-state index contributed by atoms with van der Waals surface area (Å²) in [5.41, 5.74) is 5.80. The molecule has 3 aromatic heterocycles. The summed E-state index contributed by atoms with van der Waals surface area (Å²) < 4.78 is 0. The number of hydrogen-bond acceptors (Lipinski definition) is 5. The fraction of sp³-hybridized carbons (Fsp3) is 0.0400. The molecule has 0 N–H and O–H groups in total. The van der Waals surface area contributed by atoms with Gasteiger partial charge in [-0.25, -0.2) is 0 Å². The Morgan fingerprint density at radius 1 is 0.700 bits per heavy atom. The third-order valence-corrected chi connectivity index (χ3v) is 7.61. The molecule has 2 nitrogen and oxygen atoms in total. The van der Waals surface area contributed by atoms with Crippen molar-refractivity contribution in [3.05, 3.63) is 95.2 Å². The van der Waals surface area contributed by atoms with Crippen molar-refractivity contribution in [2.45, 2.75) is 16.8 Å². The third kappa shape index (κ3) is 4.10. The fourth-order valence-electron chi connectivity index (χ4n) is 3.22. The van der Waals surface area contributed by atoms with Gasteiger partial charge in [-0.05, 0) is 64.7 Å². The Morgan fingerprint density at radius 3 is 2.17 bits per heavy atom. The molecule has 5 heteroatoms. The predicted octanol–water partition coefficient (Wildman–Crippen LogP) is 8.06. The first-order chi connectivity index (χ1) is 14.8. The second-order valence-corrected chi connectivity index (χ2v) is 9.83. The number of aryl methyl sites for hydroxylation is 1. The topological polar surface area (TPSA) is 25.8 Å². The molecule has 5 rings (SSSR count). The summed E-state index contributed by atoms with van der Waals surface area (Å²) in [5, 5.41) is 14.5. The van der Waals surface area contributed by atoms with Crippen LogP contribution >= 0.6 is 34.4 Å². The van der Waals surface area contributed by atoms with E-state index in [0.717, 1.165) is 26.1 Å². The number of nitrogens with zero attached hydrogens (tertiary/aromatic N) is 2. The summed E-state index contributed by atoms with van der Waals surface area (Å²) >= 11 is 5.12. The molecule has 0 saturated carbocycles. The predicted molar refractivity (Wildman–Crippen MR) is 129 cm³/mol. The van der Waals surface area contributed by atoms with Gasteiger partial charge >= 0.3 is 0 Å². The second kappa shape index (κ2) is 8.56. The number of hydrogen-bond donors (Lipinski definition) is 0. The smallest absolute Gasteiger partial charge is 0.124 e. The van der Waals surface area contributed by atoms with Gasteiger partial charge < -0.3 is 0 Å². The van der Waals surface area contributed by atoms with E-state index in [0.29, 0.717) is 0 Å². The molecule has 2 aromatic carbocycles. The van der Waals surface area contributed by atoms with E-state index < -0.39 is 0 Å². The molecule has 0 amide bonds. The van der Waals surface area contributed by atoms with Crippen molar-refractivity contribution < 1.29 is 0 Å². The third-order valence-electron chi connectivity index (χ3n) is 4.67. The van der Waals surface area contributed by atoms with Crippen LogP contribution in [-0.4, -0.2) is 10.2 Å². The molecule has 0 aliphatic rings. The van der Waals surface area contributed by atoms with E-state index >= 15 is 0 Å². The van der Waals surface area contributed by atoms with Crippen LogP contribution in [0.4, 0.5) is 0 Å². The zero-order valence-corrected chi connectivity index (χ0v) is 18.7. The van der Waals surface area contributed by atoms with Crippen LogP contribution < -0.4 is 0 Å². The van der Waals surface area contributed by atoms with Crippen LogP contribution in [0.3, 0.4) is 0 Å². The second-order valence-electron chi connectivity index (χ2n) is 6.91. The normalized spacial score (nSPS) is 11.0. The Bertz CT molecular complexity index is 1270. The molecule has 0 radical (unpaired) electrons. The molecule has 3 heterocycles. The average Bonchev–Trinajstić information content (AvgIpc) is 3.45. The van der Waals surface area contributed by atoms with Gasteiger partial charge in [0.1, 0.15) is 10.7 Å². The lowest BCUT2D eigenvalue weighted by Gasteiger charge is -2.07. The van der Waals surface area contributed by atoms with Gasteiger partial charge in [0.2, 0.25) is 0 Å². The van der Waals surface area contributed by atoms with Crippen LogP contribution in [0.2, 0.25) is 0 Å². The molecule has 0 atom stereocenters. The fourth-order valence-corrected chi connectivity index (χ4v) is 5.84. The van der Waals surface area contributed by atoms with Crippen LogP contribution in [0.15, 0.2) is 99.5 Å². The van der Waals surface area contributed by atoms with E-state index in [9.17, 15) is 0 Å². The van der Waals surface area contributed by atoms with Crippen molar-refractivity contribution in [3.63, 3.8) is 0 Å². The van der Waals surface area contributed by atoms with Gasteiger partial charge in [-0.2, -0.15) is 0 Å².